The highest BCUT2D eigenvalue weighted by atomic mass is 35.5. The minimum absolute atomic E-state index is 0.0880. The second-order valence-corrected chi connectivity index (χ2v) is 3.43. The van der Waals surface area contributed by atoms with Crippen molar-refractivity contribution >= 4 is 11.6 Å². The van der Waals surface area contributed by atoms with Crippen LogP contribution in [0, 0.1) is 0 Å². The molecule has 0 aliphatic heterocycles. The first-order valence-corrected chi connectivity index (χ1v) is 4.88. The molecule has 4 heteroatoms. The summed E-state index contributed by atoms with van der Waals surface area (Å²) in [5, 5.41) is 26.6. The Hall–Kier alpha value is -1.87. The van der Waals surface area contributed by atoms with Crippen LogP contribution in [0.3, 0.4) is 0 Å². The number of hydrogen-bond donors (Lipinski definition) is 3. The van der Waals surface area contributed by atoms with Gasteiger partial charge in [-0.2, -0.15) is 0 Å². The fraction of sp³-hybridized carbons (Fsp3) is 0. The molecule has 0 bridgehead atoms. The molecule has 0 amide bonds. The molecule has 0 aliphatic carbocycles. The van der Waals surface area contributed by atoms with Crippen molar-refractivity contribution in [3.05, 3.63) is 53.6 Å². The van der Waals surface area contributed by atoms with Crippen LogP contribution in [0.2, 0.25) is 5.02 Å². The molecular formula is C12H11ClO3. The molecule has 0 saturated heterocycles. The summed E-state index contributed by atoms with van der Waals surface area (Å²) in [6.45, 7) is 0. The lowest BCUT2D eigenvalue weighted by Gasteiger charge is -1.89. The molecular weight excluding hydrogens is 228 g/mol. The third-order valence-electron chi connectivity index (χ3n) is 1.66. The lowest BCUT2D eigenvalue weighted by Crippen LogP contribution is -1.61. The summed E-state index contributed by atoms with van der Waals surface area (Å²) in [6.07, 6.45) is 0. The molecule has 0 unspecified atom stereocenters. The molecule has 3 nitrogen and oxygen atoms in total. The van der Waals surface area contributed by atoms with E-state index in [1.54, 1.807) is 30.3 Å². The predicted molar refractivity (Wildman–Crippen MR) is 62.9 cm³/mol. The molecule has 3 N–H and O–H groups in total. The van der Waals surface area contributed by atoms with Gasteiger partial charge in [0.25, 0.3) is 0 Å². The highest BCUT2D eigenvalue weighted by molar-refractivity contribution is 6.30. The van der Waals surface area contributed by atoms with E-state index in [0.29, 0.717) is 5.02 Å². The Bertz CT molecular complexity index is 402. The number of halogens is 1. The van der Waals surface area contributed by atoms with Crippen LogP contribution < -0.4 is 0 Å². The Morgan fingerprint density at radius 1 is 0.688 bits per heavy atom. The lowest BCUT2D eigenvalue weighted by atomic mass is 10.3. The number of phenols is 3. The van der Waals surface area contributed by atoms with Crippen molar-refractivity contribution in [1.29, 1.82) is 0 Å². The maximum atomic E-state index is 8.70. The summed E-state index contributed by atoms with van der Waals surface area (Å²) >= 11 is 5.50. The maximum absolute atomic E-state index is 8.70. The van der Waals surface area contributed by atoms with Gasteiger partial charge in [-0.3, -0.25) is 0 Å². The lowest BCUT2D eigenvalue weighted by molar-refractivity contribution is 0.450. The largest absolute Gasteiger partial charge is 0.508 e. The highest BCUT2D eigenvalue weighted by Crippen LogP contribution is 2.15. The van der Waals surface area contributed by atoms with Crippen molar-refractivity contribution in [2.24, 2.45) is 0 Å². The maximum Gasteiger partial charge on any atom is 0.119 e. The smallest absolute Gasteiger partial charge is 0.119 e. The van der Waals surface area contributed by atoms with E-state index < -0.39 is 0 Å². The van der Waals surface area contributed by atoms with Gasteiger partial charge in [0.1, 0.15) is 17.2 Å². The van der Waals surface area contributed by atoms with E-state index in [9.17, 15) is 0 Å². The van der Waals surface area contributed by atoms with Gasteiger partial charge in [0.05, 0.1) is 0 Å². The van der Waals surface area contributed by atoms with Crippen molar-refractivity contribution in [2.45, 2.75) is 0 Å². The van der Waals surface area contributed by atoms with Crippen molar-refractivity contribution < 1.29 is 15.3 Å². The van der Waals surface area contributed by atoms with Crippen LogP contribution in [0.1, 0.15) is 0 Å². The van der Waals surface area contributed by atoms with Gasteiger partial charge in [-0.1, -0.05) is 17.7 Å². The predicted octanol–water partition coefficient (Wildman–Crippen LogP) is 3.14. The van der Waals surface area contributed by atoms with Gasteiger partial charge in [0, 0.05) is 11.1 Å². The van der Waals surface area contributed by atoms with Crippen molar-refractivity contribution in [1.82, 2.24) is 0 Å². The summed E-state index contributed by atoms with van der Waals surface area (Å²) in [5.74, 6) is 0.421. The number of rotatable bonds is 0. The molecule has 0 atom stereocenters. The first kappa shape index (κ1) is 12.2. The van der Waals surface area contributed by atoms with Crippen LogP contribution in [-0.4, -0.2) is 15.3 Å². The fourth-order valence-corrected chi connectivity index (χ4v) is 1.06. The fourth-order valence-electron chi connectivity index (χ4n) is 0.934. The zero-order valence-corrected chi connectivity index (χ0v) is 9.09. The number of benzene rings is 2. The molecule has 0 saturated carbocycles. The first-order chi connectivity index (χ1) is 7.58. The average molecular weight is 239 g/mol. The van der Waals surface area contributed by atoms with Crippen LogP contribution in [0.25, 0.3) is 0 Å². The van der Waals surface area contributed by atoms with Gasteiger partial charge in [-0.25, -0.2) is 0 Å². The Balaban J connectivity index is 0.000000160. The third-order valence-corrected chi connectivity index (χ3v) is 1.91. The van der Waals surface area contributed by atoms with Gasteiger partial charge < -0.3 is 15.3 Å². The normalized spacial score (nSPS) is 9.06. The first-order valence-electron chi connectivity index (χ1n) is 4.50. The summed E-state index contributed by atoms with van der Waals surface area (Å²) in [6, 6.07) is 12.2. The molecule has 0 aliphatic rings. The van der Waals surface area contributed by atoms with Crippen molar-refractivity contribution in [2.75, 3.05) is 0 Å². The molecule has 84 valence electrons. The van der Waals surface area contributed by atoms with Gasteiger partial charge in [0.2, 0.25) is 0 Å². The summed E-state index contributed by atoms with van der Waals surface area (Å²) < 4.78 is 0. The van der Waals surface area contributed by atoms with E-state index in [4.69, 9.17) is 26.9 Å². The molecule has 2 aromatic carbocycles. The molecule has 16 heavy (non-hydrogen) atoms. The highest BCUT2D eigenvalue weighted by Gasteiger charge is 1.85. The second kappa shape index (κ2) is 5.88. The monoisotopic (exact) mass is 238 g/mol. The Morgan fingerprint density at radius 3 is 1.50 bits per heavy atom. The van der Waals surface area contributed by atoms with Crippen LogP contribution in [0.4, 0.5) is 0 Å². The van der Waals surface area contributed by atoms with E-state index in [1.807, 2.05) is 0 Å². The molecule has 0 spiro atoms. The van der Waals surface area contributed by atoms with E-state index >= 15 is 0 Å². The average Bonchev–Trinajstić information content (AvgIpc) is 2.23. The Morgan fingerprint density at radius 2 is 1.19 bits per heavy atom. The van der Waals surface area contributed by atoms with Gasteiger partial charge >= 0.3 is 0 Å². The van der Waals surface area contributed by atoms with Gasteiger partial charge in [-0.15, -0.1) is 0 Å². The molecule has 0 aromatic heterocycles. The minimum Gasteiger partial charge on any atom is -0.508 e. The minimum atomic E-state index is 0.0880. The Kier molecular flexibility index (Phi) is 4.48. The SMILES string of the molecule is Oc1ccc(Cl)cc1.Oc1cccc(O)c1. The van der Waals surface area contributed by atoms with E-state index in [-0.39, 0.29) is 17.2 Å². The molecule has 2 rings (SSSR count). The number of aromatic hydroxyl groups is 3. The zero-order valence-electron chi connectivity index (χ0n) is 8.34. The van der Waals surface area contributed by atoms with E-state index in [2.05, 4.69) is 0 Å². The standard InChI is InChI=1S/C6H5ClO.C6H6O2/c7-5-1-3-6(8)4-2-5;7-5-2-1-3-6(8)4-5/h1-4,8H;1-4,7-8H. The van der Waals surface area contributed by atoms with Crippen molar-refractivity contribution in [3.8, 4) is 17.2 Å². The van der Waals surface area contributed by atoms with Gasteiger partial charge in [0.15, 0.2) is 0 Å². The quantitative estimate of drug-likeness (QED) is 0.661. The van der Waals surface area contributed by atoms with Crippen molar-refractivity contribution in [3.63, 3.8) is 0 Å². The molecule has 2 aromatic rings. The summed E-state index contributed by atoms with van der Waals surface area (Å²) in [4.78, 5) is 0. The van der Waals surface area contributed by atoms with Crippen LogP contribution in [-0.2, 0) is 0 Å². The van der Waals surface area contributed by atoms with E-state index in [1.165, 1.54) is 18.2 Å². The molecule has 0 fully saturated rings. The zero-order chi connectivity index (χ0) is 12.0. The second-order valence-electron chi connectivity index (χ2n) is 3.00. The molecule has 0 radical (unpaired) electrons. The summed E-state index contributed by atoms with van der Waals surface area (Å²) in [7, 11) is 0. The van der Waals surface area contributed by atoms with Crippen LogP contribution >= 0.6 is 11.6 Å². The van der Waals surface area contributed by atoms with E-state index in [0.717, 1.165) is 0 Å². The van der Waals surface area contributed by atoms with Crippen LogP contribution in [0.5, 0.6) is 17.2 Å². The van der Waals surface area contributed by atoms with Gasteiger partial charge in [-0.05, 0) is 36.4 Å². The number of hydrogen-bond acceptors (Lipinski definition) is 3. The third kappa shape index (κ3) is 4.57. The Labute approximate surface area is 98.2 Å². The molecule has 0 heterocycles. The topological polar surface area (TPSA) is 60.7 Å². The summed E-state index contributed by atoms with van der Waals surface area (Å²) in [5.41, 5.74) is 0. The van der Waals surface area contributed by atoms with Crippen LogP contribution in [0.15, 0.2) is 48.5 Å². The number of phenolic OH excluding ortho intramolecular Hbond substituents is 3.